The summed E-state index contributed by atoms with van der Waals surface area (Å²) < 4.78 is 9.75. The molecule has 0 fully saturated rings. The van der Waals surface area contributed by atoms with E-state index >= 15 is 0 Å². The van der Waals surface area contributed by atoms with Gasteiger partial charge in [0.25, 0.3) is 5.69 Å². The van der Waals surface area contributed by atoms with Crippen LogP contribution in [0.3, 0.4) is 0 Å². The average Bonchev–Trinajstić information content (AvgIpc) is 2.38. The maximum Gasteiger partial charge on any atom is 0.307 e. The second-order valence-electron chi connectivity index (χ2n) is 3.66. The van der Waals surface area contributed by atoms with E-state index in [0.29, 0.717) is 24.6 Å². The number of nitro groups is 1. The van der Waals surface area contributed by atoms with Gasteiger partial charge in [-0.1, -0.05) is 0 Å². The van der Waals surface area contributed by atoms with E-state index in [9.17, 15) is 14.9 Å². The fraction of sp³-hybridized carbons (Fsp3) is 0.417. The number of nitrogens with zero attached hydrogens (tertiary/aromatic N) is 1. The van der Waals surface area contributed by atoms with Crippen LogP contribution in [0.4, 0.5) is 11.4 Å². The molecule has 0 saturated carbocycles. The van der Waals surface area contributed by atoms with E-state index in [4.69, 9.17) is 9.47 Å². The molecule has 1 rings (SSSR count). The SMILES string of the molecule is CCOC(=O)CCNc1cc(OC)cc([N+](=O)[O-])c1. The number of anilines is 1. The first-order chi connectivity index (χ1) is 9.06. The van der Waals surface area contributed by atoms with Gasteiger partial charge >= 0.3 is 5.97 Å². The molecule has 0 amide bonds. The number of nitrogens with one attached hydrogen (secondary N) is 1. The van der Waals surface area contributed by atoms with Crippen molar-refractivity contribution in [1.29, 1.82) is 0 Å². The highest BCUT2D eigenvalue weighted by Gasteiger charge is 2.10. The lowest BCUT2D eigenvalue weighted by molar-refractivity contribution is -0.384. The van der Waals surface area contributed by atoms with Gasteiger partial charge in [0, 0.05) is 24.4 Å². The molecule has 19 heavy (non-hydrogen) atoms. The lowest BCUT2D eigenvalue weighted by Crippen LogP contribution is -2.11. The van der Waals surface area contributed by atoms with Gasteiger partial charge in [-0.15, -0.1) is 0 Å². The second kappa shape index (κ2) is 7.20. The van der Waals surface area contributed by atoms with Gasteiger partial charge in [-0.3, -0.25) is 14.9 Å². The van der Waals surface area contributed by atoms with Crippen molar-refractivity contribution in [2.75, 3.05) is 25.6 Å². The molecule has 0 atom stereocenters. The fourth-order valence-electron chi connectivity index (χ4n) is 1.45. The summed E-state index contributed by atoms with van der Waals surface area (Å²) in [6, 6.07) is 4.34. The molecule has 1 aromatic rings. The second-order valence-corrected chi connectivity index (χ2v) is 3.66. The van der Waals surface area contributed by atoms with Gasteiger partial charge in [0.05, 0.1) is 31.1 Å². The summed E-state index contributed by atoms with van der Waals surface area (Å²) in [5.74, 6) is 0.0697. The number of methoxy groups -OCH3 is 1. The van der Waals surface area contributed by atoms with Crippen molar-refractivity contribution in [3.63, 3.8) is 0 Å². The normalized spacial score (nSPS) is 9.79. The van der Waals surface area contributed by atoms with Crippen LogP contribution in [0.15, 0.2) is 18.2 Å². The first-order valence-electron chi connectivity index (χ1n) is 5.79. The van der Waals surface area contributed by atoms with E-state index in [0.717, 1.165) is 0 Å². The molecule has 0 radical (unpaired) electrons. The molecule has 1 N–H and O–H groups in total. The Morgan fingerprint density at radius 3 is 2.74 bits per heavy atom. The zero-order valence-electron chi connectivity index (χ0n) is 10.8. The van der Waals surface area contributed by atoms with Gasteiger partial charge in [0.1, 0.15) is 5.75 Å². The summed E-state index contributed by atoms with van der Waals surface area (Å²) in [5, 5.41) is 13.7. The third kappa shape index (κ3) is 4.82. The van der Waals surface area contributed by atoms with E-state index in [1.807, 2.05) is 0 Å². The highest BCUT2D eigenvalue weighted by atomic mass is 16.6. The summed E-state index contributed by atoms with van der Waals surface area (Å²) in [6.45, 7) is 2.41. The van der Waals surface area contributed by atoms with Gasteiger partial charge < -0.3 is 14.8 Å². The lowest BCUT2D eigenvalue weighted by Gasteiger charge is -2.08. The van der Waals surface area contributed by atoms with Crippen LogP contribution in [0.25, 0.3) is 0 Å². The number of hydrogen-bond donors (Lipinski definition) is 1. The van der Waals surface area contributed by atoms with Crippen LogP contribution < -0.4 is 10.1 Å². The number of hydrogen-bond acceptors (Lipinski definition) is 6. The van der Waals surface area contributed by atoms with Crippen molar-refractivity contribution in [3.05, 3.63) is 28.3 Å². The zero-order chi connectivity index (χ0) is 14.3. The van der Waals surface area contributed by atoms with E-state index in [1.54, 1.807) is 13.0 Å². The third-order valence-corrected chi connectivity index (χ3v) is 2.30. The number of carbonyl (C=O) groups excluding carboxylic acids is 1. The zero-order valence-corrected chi connectivity index (χ0v) is 10.8. The third-order valence-electron chi connectivity index (χ3n) is 2.30. The quantitative estimate of drug-likeness (QED) is 0.462. The molecular weight excluding hydrogens is 252 g/mol. The Morgan fingerprint density at radius 1 is 1.42 bits per heavy atom. The van der Waals surface area contributed by atoms with Gasteiger partial charge in [0.15, 0.2) is 0 Å². The first kappa shape index (κ1) is 14.7. The van der Waals surface area contributed by atoms with Crippen LogP contribution in [-0.2, 0) is 9.53 Å². The summed E-state index contributed by atoms with van der Waals surface area (Å²) >= 11 is 0. The largest absolute Gasteiger partial charge is 0.496 e. The molecule has 0 bridgehead atoms. The topological polar surface area (TPSA) is 90.7 Å². The predicted molar refractivity (Wildman–Crippen MR) is 69.4 cm³/mol. The predicted octanol–water partition coefficient (Wildman–Crippen LogP) is 1.97. The minimum absolute atomic E-state index is 0.0713. The van der Waals surface area contributed by atoms with Crippen LogP contribution in [0.2, 0.25) is 0 Å². The van der Waals surface area contributed by atoms with Crippen LogP contribution >= 0.6 is 0 Å². The maximum atomic E-state index is 11.1. The van der Waals surface area contributed by atoms with Crippen LogP contribution in [-0.4, -0.2) is 31.2 Å². The maximum absolute atomic E-state index is 11.1. The number of esters is 1. The Kier molecular flexibility index (Phi) is 5.59. The molecule has 0 unspecified atom stereocenters. The van der Waals surface area contributed by atoms with Crippen molar-refractivity contribution in [3.8, 4) is 5.75 Å². The molecule has 104 valence electrons. The summed E-state index contributed by atoms with van der Waals surface area (Å²) in [7, 11) is 1.43. The minimum atomic E-state index is -0.501. The van der Waals surface area contributed by atoms with Crippen molar-refractivity contribution in [2.24, 2.45) is 0 Å². The number of carbonyl (C=O) groups is 1. The van der Waals surface area contributed by atoms with Gasteiger partial charge in [-0.05, 0) is 6.92 Å². The fourth-order valence-corrected chi connectivity index (χ4v) is 1.45. The number of non-ortho nitro benzene ring substituents is 1. The Balaban J connectivity index is 2.64. The van der Waals surface area contributed by atoms with Crippen molar-refractivity contribution >= 4 is 17.3 Å². The van der Waals surface area contributed by atoms with E-state index < -0.39 is 4.92 Å². The Bertz CT molecular complexity index is 461. The molecule has 7 heteroatoms. The average molecular weight is 268 g/mol. The monoisotopic (exact) mass is 268 g/mol. The standard InChI is InChI=1S/C12H16N2O5/c1-3-19-12(15)4-5-13-9-6-10(14(16)17)8-11(7-9)18-2/h6-8,13H,3-5H2,1-2H3. The minimum Gasteiger partial charge on any atom is -0.496 e. The van der Waals surface area contributed by atoms with Crippen molar-refractivity contribution < 1.29 is 19.2 Å². The van der Waals surface area contributed by atoms with Crippen molar-refractivity contribution in [1.82, 2.24) is 0 Å². The summed E-state index contributed by atoms with van der Waals surface area (Å²) in [4.78, 5) is 21.4. The first-order valence-corrected chi connectivity index (χ1v) is 5.79. The van der Waals surface area contributed by atoms with Crippen LogP contribution in [0.5, 0.6) is 5.75 Å². The van der Waals surface area contributed by atoms with E-state index in [2.05, 4.69) is 5.32 Å². The highest BCUT2D eigenvalue weighted by Crippen LogP contribution is 2.25. The highest BCUT2D eigenvalue weighted by molar-refractivity contribution is 5.70. The number of ether oxygens (including phenoxy) is 2. The molecule has 0 heterocycles. The van der Waals surface area contributed by atoms with Gasteiger partial charge in [-0.25, -0.2) is 0 Å². The molecule has 0 aliphatic heterocycles. The molecule has 0 aromatic heterocycles. The molecular formula is C12H16N2O5. The molecule has 1 aromatic carbocycles. The molecule has 7 nitrogen and oxygen atoms in total. The van der Waals surface area contributed by atoms with Crippen LogP contribution in [0.1, 0.15) is 13.3 Å². The smallest absolute Gasteiger partial charge is 0.307 e. The summed E-state index contributed by atoms with van der Waals surface area (Å²) in [5.41, 5.74) is 0.452. The number of rotatable bonds is 7. The molecule has 0 spiro atoms. The lowest BCUT2D eigenvalue weighted by atomic mass is 10.2. The van der Waals surface area contributed by atoms with Gasteiger partial charge in [0.2, 0.25) is 0 Å². The van der Waals surface area contributed by atoms with Gasteiger partial charge in [-0.2, -0.15) is 0 Å². The van der Waals surface area contributed by atoms with Crippen LogP contribution in [0, 0.1) is 10.1 Å². The summed E-state index contributed by atoms with van der Waals surface area (Å²) in [6.07, 6.45) is 0.193. The number of nitro benzene ring substituents is 1. The Hall–Kier alpha value is -2.31. The van der Waals surface area contributed by atoms with E-state index in [1.165, 1.54) is 19.2 Å². The van der Waals surface area contributed by atoms with E-state index in [-0.39, 0.29) is 18.1 Å². The Labute approximate surface area is 110 Å². The molecule has 0 aliphatic carbocycles. The molecule has 0 aliphatic rings. The Morgan fingerprint density at radius 2 is 2.16 bits per heavy atom. The molecule has 0 saturated heterocycles. The number of benzene rings is 1. The van der Waals surface area contributed by atoms with Crippen molar-refractivity contribution in [2.45, 2.75) is 13.3 Å².